The van der Waals surface area contributed by atoms with Crippen LogP contribution in [0, 0.1) is 10.1 Å². The van der Waals surface area contributed by atoms with Crippen molar-refractivity contribution in [1.82, 2.24) is 0 Å². The number of nitro benzene ring substituents is 1. The van der Waals surface area contributed by atoms with Gasteiger partial charge >= 0.3 is 12.6 Å². The summed E-state index contributed by atoms with van der Waals surface area (Å²) < 4.78 is 38.9. The van der Waals surface area contributed by atoms with Gasteiger partial charge in [-0.15, -0.1) is 11.3 Å². The number of ketones is 1. The smallest absolute Gasteiger partial charge is 0.387 e. The summed E-state index contributed by atoms with van der Waals surface area (Å²) in [6.07, 6.45) is 0. The molecule has 27 heavy (non-hydrogen) atoms. The number of benzene rings is 1. The van der Waals surface area contributed by atoms with Crippen molar-refractivity contribution in [1.29, 1.82) is 0 Å². The monoisotopic (exact) mass is 421 g/mol. The number of rotatable bonds is 8. The van der Waals surface area contributed by atoms with Gasteiger partial charge in [-0.3, -0.25) is 14.9 Å². The van der Waals surface area contributed by atoms with Gasteiger partial charge in [-0.1, -0.05) is 11.6 Å². The van der Waals surface area contributed by atoms with E-state index in [1.54, 1.807) is 0 Å². The van der Waals surface area contributed by atoms with E-state index in [4.69, 9.17) is 21.1 Å². The summed E-state index contributed by atoms with van der Waals surface area (Å²) in [5.41, 5.74) is -1.43. The van der Waals surface area contributed by atoms with E-state index in [1.807, 2.05) is 0 Å². The van der Waals surface area contributed by atoms with Crippen LogP contribution in [0.2, 0.25) is 4.34 Å². The fraction of sp³-hybridized carbons (Fsp3) is 0.200. The molecule has 1 heterocycles. The second-order valence-electron chi connectivity index (χ2n) is 4.76. The van der Waals surface area contributed by atoms with E-state index in [1.165, 1.54) is 12.1 Å². The lowest BCUT2D eigenvalue weighted by atomic mass is 10.1. The number of methoxy groups -OCH3 is 1. The summed E-state index contributed by atoms with van der Waals surface area (Å²) in [7, 11) is 1.10. The first kappa shape index (κ1) is 20.5. The molecule has 2 rings (SSSR count). The first-order valence-corrected chi connectivity index (χ1v) is 8.19. The SMILES string of the molecule is COc1cc(C(=O)OCC(=O)c2ccc(Cl)s2)c([N+](=O)[O-])cc1OC(F)F. The second kappa shape index (κ2) is 8.73. The number of hydrogen-bond donors (Lipinski definition) is 0. The molecule has 0 fully saturated rings. The molecule has 8 nitrogen and oxygen atoms in total. The van der Waals surface area contributed by atoms with Crippen LogP contribution >= 0.6 is 22.9 Å². The number of alkyl halides is 2. The third-order valence-corrected chi connectivity index (χ3v) is 4.37. The minimum atomic E-state index is -3.26. The minimum absolute atomic E-state index is 0.237. The van der Waals surface area contributed by atoms with Crippen LogP contribution in [0.1, 0.15) is 20.0 Å². The first-order valence-electron chi connectivity index (χ1n) is 6.99. The average Bonchev–Trinajstić information content (AvgIpc) is 3.04. The summed E-state index contributed by atoms with van der Waals surface area (Å²) in [6.45, 7) is -3.95. The summed E-state index contributed by atoms with van der Waals surface area (Å²) in [5, 5.41) is 11.2. The van der Waals surface area contributed by atoms with Crippen molar-refractivity contribution in [3.8, 4) is 11.5 Å². The molecule has 0 unspecified atom stereocenters. The number of nitro groups is 1. The third-order valence-electron chi connectivity index (χ3n) is 3.10. The molecular formula is C15H10ClF2NO7S. The second-order valence-corrected chi connectivity index (χ2v) is 6.47. The lowest BCUT2D eigenvalue weighted by molar-refractivity contribution is -0.385. The zero-order valence-corrected chi connectivity index (χ0v) is 15.0. The van der Waals surface area contributed by atoms with Gasteiger partial charge in [0.2, 0.25) is 5.78 Å². The maximum absolute atomic E-state index is 12.4. The lowest BCUT2D eigenvalue weighted by Crippen LogP contribution is -2.15. The Labute approximate surface area is 159 Å². The Morgan fingerprint density at radius 2 is 2.00 bits per heavy atom. The van der Waals surface area contributed by atoms with Gasteiger partial charge in [0.25, 0.3) is 5.69 Å². The highest BCUT2D eigenvalue weighted by molar-refractivity contribution is 7.18. The topological polar surface area (TPSA) is 105 Å². The molecule has 0 saturated heterocycles. The van der Waals surface area contributed by atoms with Crippen LogP contribution in [-0.2, 0) is 4.74 Å². The van der Waals surface area contributed by atoms with Gasteiger partial charge < -0.3 is 14.2 Å². The van der Waals surface area contributed by atoms with Crippen molar-refractivity contribution >= 4 is 40.4 Å². The van der Waals surface area contributed by atoms with E-state index in [9.17, 15) is 28.5 Å². The van der Waals surface area contributed by atoms with Gasteiger partial charge in [-0.25, -0.2) is 4.79 Å². The molecule has 0 aliphatic carbocycles. The molecule has 0 bridgehead atoms. The van der Waals surface area contributed by atoms with Crippen LogP contribution in [0.15, 0.2) is 24.3 Å². The van der Waals surface area contributed by atoms with E-state index in [0.717, 1.165) is 24.5 Å². The van der Waals surface area contributed by atoms with Crippen LogP contribution in [0.5, 0.6) is 11.5 Å². The zero-order chi connectivity index (χ0) is 20.1. The maximum Gasteiger partial charge on any atom is 0.387 e. The summed E-state index contributed by atoms with van der Waals surface area (Å²) >= 11 is 6.68. The number of carbonyl (C=O) groups is 2. The van der Waals surface area contributed by atoms with Gasteiger partial charge in [0.1, 0.15) is 5.56 Å². The average molecular weight is 422 g/mol. The molecule has 0 aliphatic heterocycles. The molecular weight excluding hydrogens is 412 g/mol. The number of Topliss-reactive ketones (excluding diaryl/α,β-unsaturated/α-hetero) is 1. The van der Waals surface area contributed by atoms with Crippen molar-refractivity contribution in [2.24, 2.45) is 0 Å². The number of hydrogen-bond acceptors (Lipinski definition) is 8. The molecule has 144 valence electrons. The molecule has 0 aliphatic rings. The maximum atomic E-state index is 12.4. The van der Waals surface area contributed by atoms with Crippen LogP contribution in [0.25, 0.3) is 0 Å². The number of carbonyl (C=O) groups excluding carboxylic acids is 2. The van der Waals surface area contributed by atoms with Gasteiger partial charge in [-0.05, 0) is 12.1 Å². The number of ether oxygens (including phenoxy) is 3. The Morgan fingerprint density at radius 3 is 2.52 bits per heavy atom. The molecule has 0 amide bonds. The fourth-order valence-corrected chi connectivity index (χ4v) is 2.92. The van der Waals surface area contributed by atoms with Gasteiger partial charge in [0.15, 0.2) is 18.1 Å². The van der Waals surface area contributed by atoms with Crippen molar-refractivity contribution in [2.45, 2.75) is 6.61 Å². The van der Waals surface area contributed by atoms with Gasteiger partial charge in [0, 0.05) is 6.07 Å². The number of halogens is 3. The molecule has 0 N–H and O–H groups in total. The quantitative estimate of drug-likeness (QED) is 0.275. The Kier molecular flexibility index (Phi) is 6.64. The Bertz CT molecular complexity index is 887. The third kappa shape index (κ3) is 5.11. The largest absolute Gasteiger partial charge is 0.493 e. The Morgan fingerprint density at radius 1 is 1.30 bits per heavy atom. The van der Waals surface area contributed by atoms with E-state index in [2.05, 4.69) is 4.74 Å². The highest BCUT2D eigenvalue weighted by Gasteiger charge is 2.27. The number of nitrogens with zero attached hydrogens (tertiary/aromatic N) is 1. The van der Waals surface area contributed by atoms with Crippen LogP contribution in [0.3, 0.4) is 0 Å². The molecule has 2 aromatic rings. The molecule has 0 saturated carbocycles. The zero-order valence-electron chi connectivity index (χ0n) is 13.4. The lowest BCUT2D eigenvalue weighted by Gasteiger charge is -2.11. The normalized spacial score (nSPS) is 10.6. The summed E-state index contributed by atoms with van der Waals surface area (Å²) in [4.78, 5) is 34.5. The Hall–Kier alpha value is -2.79. The standard InChI is InChI=1S/C15H10ClF2NO7S/c1-24-10-4-7(8(19(22)23)5-11(10)26-15(17)18)14(21)25-6-9(20)12-2-3-13(16)27-12/h2-5,15H,6H2,1H3. The molecule has 12 heteroatoms. The summed E-state index contributed by atoms with van der Waals surface area (Å²) in [6, 6.07) is 4.36. The van der Waals surface area contributed by atoms with Crippen molar-refractivity contribution in [2.75, 3.05) is 13.7 Å². The highest BCUT2D eigenvalue weighted by Crippen LogP contribution is 2.36. The van der Waals surface area contributed by atoms with E-state index in [-0.39, 0.29) is 10.6 Å². The van der Waals surface area contributed by atoms with E-state index >= 15 is 0 Å². The summed E-state index contributed by atoms with van der Waals surface area (Å²) in [5.74, 6) is -2.74. The van der Waals surface area contributed by atoms with Crippen LogP contribution in [-0.4, -0.2) is 37.0 Å². The minimum Gasteiger partial charge on any atom is -0.493 e. The molecule has 0 spiro atoms. The van der Waals surface area contributed by atoms with E-state index in [0.29, 0.717) is 10.4 Å². The number of thiophene rings is 1. The van der Waals surface area contributed by atoms with Crippen molar-refractivity contribution < 1.29 is 37.5 Å². The predicted molar refractivity (Wildman–Crippen MR) is 90.2 cm³/mol. The van der Waals surface area contributed by atoms with Gasteiger partial charge in [-0.2, -0.15) is 8.78 Å². The molecule has 1 aromatic carbocycles. The van der Waals surface area contributed by atoms with E-state index < -0.39 is 46.9 Å². The predicted octanol–water partition coefficient (Wildman–Crippen LogP) is 3.96. The highest BCUT2D eigenvalue weighted by atomic mass is 35.5. The van der Waals surface area contributed by atoms with Crippen molar-refractivity contribution in [3.63, 3.8) is 0 Å². The van der Waals surface area contributed by atoms with Gasteiger partial charge in [0.05, 0.1) is 27.3 Å². The molecule has 1 aromatic heterocycles. The fourth-order valence-electron chi connectivity index (χ4n) is 1.96. The van der Waals surface area contributed by atoms with Crippen molar-refractivity contribution in [3.05, 3.63) is 49.2 Å². The first-order chi connectivity index (χ1) is 12.7. The number of esters is 1. The molecule has 0 atom stereocenters. The molecule has 0 radical (unpaired) electrons. The van der Waals surface area contributed by atoms with Crippen LogP contribution < -0.4 is 9.47 Å². The Balaban J connectivity index is 2.25. The van der Waals surface area contributed by atoms with Crippen LogP contribution in [0.4, 0.5) is 14.5 Å².